The van der Waals surface area contributed by atoms with Crippen molar-refractivity contribution >= 4 is 11.6 Å². The summed E-state index contributed by atoms with van der Waals surface area (Å²) in [5.41, 5.74) is 5.17. The number of azide groups is 1. The number of carbonyl (C=O) groups excluding carboxylic acids is 1. The molecule has 5 atom stereocenters. The monoisotopic (exact) mass is 512 g/mol. The van der Waals surface area contributed by atoms with E-state index >= 15 is 0 Å². The molecule has 2 unspecified atom stereocenters. The third-order valence-corrected chi connectivity index (χ3v) is 4.83. The summed E-state index contributed by atoms with van der Waals surface area (Å²) >= 11 is 0. The molecule has 1 aromatic rings. The van der Waals surface area contributed by atoms with Crippen molar-refractivity contribution in [3.05, 3.63) is 39.3 Å². The van der Waals surface area contributed by atoms with Crippen molar-refractivity contribution in [3.63, 3.8) is 0 Å². The van der Waals surface area contributed by atoms with Gasteiger partial charge in [-0.15, -0.1) is 0 Å². The maximum absolute atomic E-state index is 13.9. The van der Waals surface area contributed by atoms with E-state index in [9.17, 15) is 37.7 Å². The van der Waals surface area contributed by atoms with Crippen molar-refractivity contribution in [2.24, 2.45) is 5.11 Å². The molecule has 12 nitrogen and oxygen atoms in total. The molecular formula is C19H24F4N4O8. The lowest BCUT2D eigenvalue weighted by Gasteiger charge is -2.38. The van der Waals surface area contributed by atoms with Crippen molar-refractivity contribution in [1.82, 2.24) is 5.32 Å². The molecule has 0 aliphatic carbocycles. The predicted octanol–water partition coefficient (Wildman–Crippen LogP) is 0.792. The highest BCUT2D eigenvalue weighted by Gasteiger charge is 2.42. The second-order valence-electron chi connectivity index (χ2n) is 7.20. The number of halogens is 4. The molecule has 1 aromatic carbocycles. The van der Waals surface area contributed by atoms with Crippen LogP contribution >= 0.6 is 0 Å². The van der Waals surface area contributed by atoms with E-state index in [1.165, 1.54) is 6.92 Å². The van der Waals surface area contributed by atoms with Gasteiger partial charge in [0.2, 0.25) is 0 Å². The molecule has 1 aliphatic heterocycles. The first-order valence-corrected chi connectivity index (χ1v) is 10.3. The predicted molar refractivity (Wildman–Crippen MR) is 107 cm³/mol. The molecule has 2 rings (SSSR count). The van der Waals surface area contributed by atoms with Gasteiger partial charge in [0.1, 0.15) is 29.6 Å². The van der Waals surface area contributed by atoms with Gasteiger partial charge in [-0.2, -0.15) is 0 Å². The number of rotatable bonds is 12. The second kappa shape index (κ2) is 13.5. The molecule has 16 heteroatoms. The van der Waals surface area contributed by atoms with Crippen LogP contribution in [0.5, 0.6) is 0 Å². The quantitative estimate of drug-likeness (QED) is 0.0794. The normalized spacial score (nSPS) is 24.2. The Morgan fingerprint density at radius 1 is 0.971 bits per heavy atom. The van der Waals surface area contributed by atoms with E-state index in [4.69, 9.17) is 24.5 Å². The van der Waals surface area contributed by atoms with Gasteiger partial charge in [-0.25, -0.2) is 17.6 Å². The van der Waals surface area contributed by atoms with Crippen LogP contribution in [-0.4, -0.2) is 91.5 Å². The van der Waals surface area contributed by atoms with Crippen LogP contribution in [0.15, 0.2) is 5.11 Å². The number of hydrogen-bond acceptors (Lipinski definition) is 9. The van der Waals surface area contributed by atoms with Crippen LogP contribution in [0.25, 0.3) is 10.4 Å². The molecule has 1 heterocycles. The van der Waals surface area contributed by atoms with Crippen molar-refractivity contribution in [1.29, 1.82) is 0 Å². The summed E-state index contributed by atoms with van der Waals surface area (Å²) < 4.78 is 76.2. The summed E-state index contributed by atoms with van der Waals surface area (Å²) in [4.78, 5) is 14.0. The summed E-state index contributed by atoms with van der Waals surface area (Å²) in [5.74, 6) is -9.46. The molecule has 0 radical (unpaired) electrons. The molecule has 0 saturated carbocycles. The van der Waals surface area contributed by atoms with Gasteiger partial charge in [-0.1, -0.05) is 5.11 Å². The van der Waals surface area contributed by atoms with E-state index in [-0.39, 0.29) is 39.6 Å². The molecule has 0 spiro atoms. The van der Waals surface area contributed by atoms with E-state index in [1.54, 1.807) is 0 Å². The summed E-state index contributed by atoms with van der Waals surface area (Å²) in [6.07, 6.45) is -5.97. The zero-order valence-corrected chi connectivity index (χ0v) is 18.4. The van der Waals surface area contributed by atoms with Gasteiger partial charge in [-0.3, -0.25) is 4.79 Å². The lowest BCUT2D eigenvalue weighted by atomic mass is 10.0. The Labute approximate surface area is 196 Å². The first-order chi connectivity index (χ1) is 16.6. The number of amides is 1. The zero-order chi connectivity index (χ0) is 26.1. The molecular weight excluding hydrogens is 488 g/mol. The fourth-order valence-corrected chi connectivity index (χ4v) is 2.97. The number of aliphatic hydroxyl groups is 3. The van der Waals surface area contributed by atoms with Gasteiger partial charge in [0.25, 0.3) is 5.91 Å². The Hall–Kier alpha value is -2.56. The lowest BCUT2D eigenvalue weighted by Crippen LogP contribution is -2.57. The molecule has 0 aromatic heterocycles. The number of carbonyl (C=O) groups is 1. The average molecular weight is 512 g/mol. The van der Waals surface area contributed by atoms with Crippen LogP contribution < -0.4 is 5.32 Å². The first-order valence-electron chi connectivity index (χ1n) is 10.3. The first kappa shape index (κ1) is 28.7. The molecule has 4 N–H and O–H groups in total. The van der Waals surface area contributed by atoms with Gasteiger partial charge in [-0.05, 0) is 12.5 Å². The number of ether oxygens (including phenoxy) is 4. The van der Waals surface area contributed by atoms with Crippen molar-refractivity contribution in [2.75, 3.05) is 39.6 Å². The summed E-state index contributed by atoms with van der Waals surface area (Å²) in [6.45, 7) is 1.33. The van der Waals surface area contributed by atoms with Crippen LogP contribution in [0, 0.1) is 23.3 Å². The van der Waals surface area contributed by atoms with Gasteiger partial charge in [0.05, 0.1) is 39.1 Å². The Morgan fingerprint density at radius 3 is 2.14 bits per heavy atom. The van der Waals surface area contributed by atoms with E-state index in [1.807, 2.05) is 5.32 Å². The maximum Gasteiger partial charge on any atom is 0.257 e. The Morgan fingerprint density at radius 2 is 1.54 bits per heavy atom. The van der Waals surface area contributed by atoms with Gasteiger partial charge >= 0.3 is 0 Å². The third kappa shape index (κ3) is 7.22. The summed E-state index contributed by atoms with van der Waals surface area (Å²) in [5, 5.41) is 33.7. The fraction of sp³-hybridized carbons (Fsp3) is 0.632. The number of hydrogen-bond donors (Lipinski definition) is 4. The molecule has 1 saturated heterocycles. The highest BCUT2D eigenvalue weighted by atomic mass is 19.2. The highest BCUT2D eigenvalue weighted by Crippen LogP contribution is 2.30. The Bertz CT molecular complexity index is 908. The third-order valence-electron chi connectivity index (χ3n) is 4.83. The van der Waals surface area contributed by atoms with Gasteiger partial charge in [0.15, 0.2) is 29.6 Å². The van der Waals surface area contributed by atoms with Gasteiger partial charge < -0.3 is 39.6 Å². The van der Waals surface area contributed by atoms with E-state index < -0.39 is 71.1 Å². The Balaban J connectivity index is 1.63. The van der Waals surface area contributed by atoms with Crippen LogP contribution in [0.2, 0.25) is 0 Å². The molecule has 1 fully saturated rings. The van der Waals surface area contributed by atoms with Gasteiger partial charge in [0, 0.05) is 11.5 Å². The lowest BCUT2D eigenvalue weighted by molar-refractivity contribution is -0.294. The number of benzene rings is 1. The van der Waals surface area contributed by atoms with Crippen molar-refractivity contribution < 1.29 is 56.6 Å². The topological polar surface area (TPSA) is 175 Å². The minimum absolute atomic E-state index is 0.00393. The van der Waals surface area contributed by atoms with Crippen LogP contribution in [0.4, 0.5) is 23.2 Å². The average Bonchev–Trinajstić information content (AvgIpc) is 2.83. The molecule has 1 aliphatic rings. The van der Waals surface area contributed by atoms with Crippen LogP contribution in [0.3, 0.4) is 0 Å². The second-order valence-corrected chi connectivity index (χ2v) is 7.20. The molecule has 196 valence electrons. The van der Waals surface area contributed by atoms with Crippen molar-refractivity contribution in [3.8, 4) is 0 Å². The molecule has 35 heavy (non-hydrogen) atoms. The van der Waals surface area contributed by atoms with Crippen LogP contribution in [0.1, 0.15) is 17.3 Å². The SMILES string of the molecule is C[C@H]1OC(OCCOCCOCCNC(=O)c2c(F)c(F)c(N=[N+]=[N-])c(F)c2F)[C@@H](O)C(O)[C@H]1O. The molecule has 1 amide bonds. The molecule has 0 bridgehead atoms. The van der Waals surface area contributed by atoms with Crippen LogP contribution in [-0.2, 0) is 18.9 Å². The fourth-order valence-electron chi connectivity index (χ4n) is 2.97. The largest absolute Gasteiger partial charge is 0.388 e. The standard InChI is InChI=1S/C19H24F4N4O8/c1-8-15(28)16(29)17(30)19(35-8)34-7-6-33-5-4-32-3-2-25-18(31)9-10(20)12(22)14(26-27-24)13(23)11(9)21/h8,15-17,19,28-30H,2-7H2,1H3,(H,25,31)/t8-,15+,16?,17+,19?/m1/s1. The Kier molecular flexibility index (Phi) is 11.1. The number of nitrogens with one attached hydrogen (secondary N) is 1. The summed E-state index contributed by atoms with van der Waals surface area (Å²) in [7, 11) is 0. The minimum atomic E-state index is -2.01. The van der Waals surface area contributed by atoms with E-state index in [2.05, 4.69) is 10.0 Å². The maximum atomic E-state index is 13.9. The van der Waals surface area contributed by atoms with Crippen molar-refractivity contribution in [2.45, 2.75) is 37.6 Å². The highest BCUT2D eigenvalue weighted by molar-refractivity contribution is 5.95. The van der Waals surface area contributed by atoms with E-state index in [0.717, 1.165) is 0 Å². The summed E-state index contributed by atoms with van der Waals surface area (Å²) in [6, 6.07) is 0. The number of aliphatic hydroxyl groups excluding tert-OH is 3. The van der Waals surface area contributed by atoms with E-state index in [0.29, 0.717) is 0 Å². The smallest absolute Gasteiger partial charge is 0.257 e. The minimum Gasteiger partial charge on any atom is -0.388 e. The zero-order valence-electron chi connectivity index (χ0n) is 18.4. The number of nitrogens with zero attached hydrogens (tertiary/aromatic N) is 3.